The molecule has 0 bridgehead atoms. The van der Waals surface area contributed by atoms with Gasteiger partial charge in [-0.05, 0) is 19.3 Å². The Morgan fingerprint density at radius 1 is 1.06 bits per heavy atom. The quantitative estimate of drug-likeness (QED) is 0.775. The van der Waals surface area contributed by atoms with E-state index in [0.717, 1.165) is 19.3 Å². The second-order valence-corrected chi connectivity index (χ2v) is 6.08. The first-order chi connectivity index (χ1) is 7.31. The predicted molar refractivity (Wildman–Crippen MR) is 54.5 cm³/mol. The molecule has 0 saturated carbocycles. The number of alkyl halides is 3. The lowest BCUT2D eigenvalue weighted by Gasteiger charge is -2.25. The van der Waals surface area contributed by atoms with Crippen LogP contribution in [-0.4, -0.2) is 37.7 Å². The summed E-state index contributed by atoms with van der Waals surface area (Å²) in [5, 5.41) is 0. The molecule has 1 aliphatic heterocycles. The van der Waals surface area contributed by atoms with E-state index in [-0.39, 0.29) is 6.42 Å². The van der Waals surface area contributed by atoms with Crippen LogP contribution in [0.5, 0.6) is 0 Å². The molecule has 1 heterocycles. The molecule has 96 valence electrons. The van der Waals surface area contributed by atoms with Gasteiger partial charge in [-0.25, -0.2) is 12.7 Å². The molecule has 3 nitrogen and oxygen atoms in total. The van der Waals surface area contributed by atoms with Crippen molar-refractivity contribution >= 4 is 10.0 Å². The van der Waals surface area contributed by atoms with Gasteiger partial charge in [0.2, 0.25) is 10.0 Å². The maximum atomic E-state index is 11.9. The Labute approximate surface area is 93.7 Å². The molecule has 16 heavy (non-hydrogen) atoms. The van der Waals surface area contributed by atoms with Crippen molar-refractivity contribution in [1.29, 1.82) is 0 Å². The van der Waals surface area contributed by atoms with Gasteiger partial charge < -0.3 is 0 Å². The molecule has 1 aliphatic rings. The molecule has 1 saturated heterocycles. The van der Waals surface area contributed by atoms with Gasteiger partial charge in [-0.15, -0.1) is 0 Å². The third kappa shape index (κ3) is 4.69. The smallest absolute Gasteiger partial charge is 0.212 e. The SMILES string of the molecule is O=S(=O)(CCCC(F)(F)F)N1CCCCC1. The first kappa shape index (κ1) is 13.8. The maximum absolute atomic E-state index is 11.9. The Morgan fingerprint density at radius 2 is 1.62 bits per heavy atom. The molecular weight excluding hydrogens is 243 g/mol. The van der Waals surface area contributed by atoms with Gasteiger partial charge in [0.1, 0.15) is 0 Å². The van der Waals surface area contributed by atoms with Gasteiger partial charge in [-0.1, -0.05) is 6.42 Å². The van der Waals surface area contributed by atoms with Gasteiger partial charge in [0.25, 0.3) is 0 Å². The lowest BCUT2D eigenvalue weighted by atomic mass is 10.2. The van der Waals surface area contributed by atoms with E-state index in [1.807, 2.05) is 0 Å². The number of piperidine rings is 1. The Bertz CT molecular complexity index is 307. The summed E-state index contributed by atoms with van der Waals surface area (Å²) in [5.74, 6) is -0.396. The van der Waals surface area contributed by atoms with Crippen LogP contribution in [-0.2, 0) is 10.0 Å². The summed E-state index contributed by atoms with van der Waals surface area (Å²) in [4.78, 5) is 0. The van der Waals surface area contributed by atoms with Crippen molar-refractivity contribution in [3.05, 3.63) is 0 Å². The zero-order valence-electron chi connectivity index (χ0n) is 8.96. The molecule has 0 spiro atoms. The minimum absolute atomic E-state index is 0.345. The summed E-state index contributed by atoms with van der Waals surface area (Å²) in [7, 11) is -3.47. The summed E-state index contributed by atoms with van der Waals surface area (Å²) < 4.78 is 60.2. The third-order valence-corrected chi connectivity index (χ3v) is 4.53. The van der Waals surface area contributed by atoms with Crippen LogP contribution in [0.4, 0.5) is 13.2 Å². The molecule has 0 aromatic heterocycles. The van der Waals surface area contributed by atoms with Crippen molar-refractivity contribution in [1.82, 2.24) is 4.31 Å². The normalized spacial score (nSPS) is 19.9. The molecule has 0 radical (unpaired) electrons. The van der Waals surface area contributed by atoms with Crippen molar-refractivity contribution in [2.75, 3.05) is 18.8 Å². The summed E-state index contributed by atoms with van der Waals surface area (Å²) in [5.41, 5.74) is 0. The Balaban J connectivity index is 2.39. The Kier molecular flexibility index (Phi) is 4.61. The first-order valence-corrected chi connectivity index (χ1v) is 6.97. The lowest BCUT2D eigenvalue weighted by molar-refractivity contribution is -0.134. The van der Waals surface area contributed by atoms with Gasteiger partial charge in [-0.2, -0.15) is 13.2 Å². The zero-order chi connectivity index (χ0) is 12.2. The summed E-state index contributed by atoms with van der Waals surface area (Å²) in [6.07, 6.45) is -3.04. The summed E-state index contributed by atoms with van der Waals surface area (Å²) in [6, 6.07) is 0. The number of hydrogen-bond acceptors (Lipinski definition) is 2. The molecule has 7 heteroatoms. The molecule has 0 N–H and O–H groups in total. The van der Waals surface area contributed by atoms with Crippen LogP contribution in [0.25, 0.3) is 0 Å². The second-order valence-electron chi connectivity index (χ2n) is 3.99. The van der Waals surface area contributed by atoms with Crippen LogP contribution in [0.2, 0.25) is 0 Å². The van der Waals surface area contributed by atoms with E-state index >= 15 is 0 Å². The molecule has 0 unspecified atom stereocenters. The number of rotatable bonds is 4. The predicted octanol–water partition coefficient (Wildman–Crippen LogP) is 2.14. The van der Waals surface area contributed by atoms with Crippen LogP contribution in [0.15, 0.2) is 0 Å². The first-order valence-electron chi connectivity index (χ1n) is 5.36. The second kappa shape index (κ2) is 5.35. The molecule has 1 fully saturated rings. The molecule has 0 amide bonds. The van der Waals surface area contributed by atoms with Gasteiger partial charge in [0, 0.05) is 19.5 Å². The van der Waals surface area contributed by atoms with E-state index in [1.54, 1.807) is 0 Å². The summed E-state index contributed by atoms with van der Waals surface area (Å²) >= 11 is 0. The highest BCUT2D eigenvalue weighted by Crippen LogP contribution is 2.22. The van der Waals surface area contributed by atoms with Crippen molar-refractivity contribution in [3.8, 4) is 0 Å². The highest BCUT2D eigenvalue weighted by atomic mass is 32.2. The lowest BCUT2D eigenvalue weighted by Crippen LogP contribution is -2.37. The minimum atomic E-state index is -4.27. The maximum Gasteiger partial charge on any atom is 0.389 e. The molecule has 1 rings (SSSR count). The van der Waals surface area contributed by atoms with E-state index in [0.29, 0.717) is 13.1 Å². The van der Waals surface area contributed by atoms with Gasteiger partial charge in [0.15, 0.2) is 0 Å². The highest BCUT2D eigenvalue weighted by molar-refractivity contribution is 7.89. The van der Waals surface area contributed by atoms with Gasteiger partial charge >= 0.3 is 6.18 Å². The standard InChI is InChI=1S/C9H16F3NO2S/c10-9(11,12)5-4-8-16(14,15)13-6-2-1-3-7-13/h1-8H2. The van der Waals surface area contributed by atoms with Crippen LogP contribution in [0, 0.1) is 0 Å². The largest absolute Gasteiger partial charge is 0.389 e. The Hall–Kier alpha value is -0.300. The molecular formula is C9H16F3NO2S. The average molecular weight is 259 g/mol. The monoisotopic (exact) mass is 259 g/mol. The van der Waals surface area contributed by atoms with Crippen molar-refractivity contribution in [2.24, 2.45) is 0 Å². The third-order valence-electron chi connectivity index (χ3n) is 2.57. The number of hydrogen-bond donors (Lipinski definition) is 0. The van der Waals surface area contributed by atoms with Crippen LogP contribution in [0.1, 0.15) is 32.1 Å². The van der Waals surface area contributed by atoms with Crippen LogP contribution >= 0.6 is 0 Å². The van der Waals surface area contributed by atoms with E-state index in [2.05, 4.69) is 0 Å². The highest BCUT2D eigenvalue weighted by Gasteiger charge is 2.29. The van der Waals surface area contributed by atoms with Gasteiger partial charge in [0.05, 0.1) is 5.75 Å². The minimum Gasteiger partial charge on any atom is -0.212 e. The van der Waals surface area contributed by atoms with Crippen molar-refractivity contribution in [2.45, 2.75) is 38.3 Å². The van der Waals surface area contributed by atoms with E-state index in [4.69, 9.17) is 0 Å². The fourth-order valence-corrected chi connectivity index (χ4v) is 3.31. The van der Waals surface area contributed by atoms with Gasteiger partial charge in [-0.3, -0.25) is 0 Å². The van der Waals surface area contributed by atoms with E-state index in [1.165, 1.54) is 4.31 Å². The number of nitrogens with zero attached hydrogens (tertiary/aromatic N) is 1. The van der Waals surface area contributed by atoms with E-state index in [9.17, 15) is 21.6 Å². The molecule has 0 aromatic carbocycles. The van der Waals surface area contributed by atoms with Crippen molar-refractivity contribution in [3.63, 3.8) is 0 Å². The fourth-order valence-electron chi connectivity index (χ4n) is 1.73. The van der Waals surface area contributed by atoms with E-state index < -0.39 is 28.4 Å². The van der Waals surface area contributed by atoms with Crippen LogP contribution < -0.4 is 0 Å². The summed E-state index contributed by atoms with van der Waals surface area (Å²) in [6.45, 7) is 0.905. The average Bonchev–Trinajstić information content (AvgIpc) is 2.17. The Morgan fingerprint density at radius 3 is 2.12 bits per heavy atom. The fraction of sp³-hybridized carbons (Fsp3) is 1.00. The molecule has 0 aromatic rings. The van der Waals surface area contributed by atoms with Crippen LogP contribution in [0.3, 0.4) is 0 Å². The zero-order valence-corrected chi connectivity index (χ0v) is 9.78. The molecule has 0 aliphatic carbocycles. The molecule has 0 atom stereocenters. The topological polar surface area (TPSA) is 37.4 Å². The number of halogens is 3. The number of sulfonamides is 1. The van der Waals surface area contributed by atoms with Crippen molar-refractivity contribution < 1.29 is 21.6 Å².